The number of hydrogen-bond acceptors (Lipinski definition) is 6. The summed E-state index contributed by atoms with van der Waals surface area (Å²) in [6, 6.07) is 18.7. The van der Waals surface area contributed by atoms with E-state index in [9.17, 15) is 9.59 Å². The number of rotatable bonds is 8. The Kier molecular flexibility index (Phi) is 6.60. The monoisotopic (exact) mass is 431 g/mol. The Balaban J connectivity index is 1.37. The summed E-state index contributed by atoms with van der Waals surface area (Å²) in [5, 5.41) is 13.2. The lowest BCUT2D eigenvalue weighted by molar-refractivity contribution is -0.135. The standard InChI is InChI=1S/C24H25N5O3/c1-2-32-24(31)21-17-22(29(27-21)20-7-4-3-5-8-20)23(30)25-15-13-18-9-11-19(12-10-18)28-16-6-14-26-28/h3-12,14,16,22H,2,13,15,17H2,1H3,(H,25,30). The molecule has 32 heavy (non-hydrogen) atoms. The Labute approximate surface area is 186 Å². The zero-order chi connectivity index (χ0) is 22.3. The number of aromatic nitrogens is 2. The van der Waals surface area contributed by atoms with Crippen molar-refractivity contribution in [1.29, 1.82) is 0 Å². The zero-order valence-corrected chi connectivity index (χ0v) is 17.8. The zero-order valence-electron chi connectivity index (χ0n) is 17.8. The third-order valence-electron chi connectivity index (χ3n) is 5.16. The quantitative estimate of drug-likeness (QED) is 0.554. The Bertz CT molecular complexity index is 1080. The van der Waals surface area contributed by atoms with E-state index in [4.69, 9.17) is 4.74 Å². The number of hydrazone groups is 1. The molecule has 0 spiro atoms. The van der Waals surface area contributed by atoms with E-state index in [0.717, 1.165) is 16.9 Å². The fourth-order valence-corrected chi connectivity index (χ4v) is 3.56. The van der Waals surface area contributed by atoms with E-state index in [1.165, 1.54) is 0 Å². The van der Waals surface area contributed by atoms with Crippen LogP contribution in [0.2, 0.25) is 0 Å². The number of hydrogen-bond donors (Lipinski definition) is 1. The van der Waals surface area contributed by atoms with E-state index in [1.54, 1.807) is 22.8 Å². The van der Waals surface area contributed by atoms with Crippen molar-refractivity contribution in [1.82, 2.24) is 15.1 Å². The minimum absolute atomic E-state index is 0.176. The van der Waals surface area contributed by atoms with Gasteiger partial charge in [-0.25, -0.2) is 9.48 Å². The molecule has 1 atom stereocenters. The number of anilines is 1. The first-order valence-electron chi connectivity index (χ1n) is 10.6. The van der Waals surface area contributed by atoms with E-state index in [0.29, 0.717) is 13.0 Å². The maximum atomic E-state index is 13.0. The summed E-state index contributed by atoms with van der Waals surface area (Å²) in [4.78, 5) is 25.1. The topological polar surface area (TPSA) is 88.8 Å². The molecular weight excluding hydrogens is 406 g/mol. The minimum atomic E-state index is -0.598. The normalized spacial score (nSPS) is 15.3. The van der Waals surface area contributed by atoms with Gasteiger partial charge in [-0.1, -0.05) is 30.3 Å². The first-order valence-corrected chi connectivity index (χ1v) is 10.6. The second kappa shape index (κ2) is 9.91. The van der Waals surface area contributed by atoms with Gasteiger partial charge in [0.1, 0.15) is 11.8 Å². The molecule has 0 fully saturated rings. The van der Waals surface area contributed by atoms with Crippen molar-refractivity contribution in [2.75, 3.05) is 18.2 Å². The fraction of sp³-hybridized carbons (Fsp3) is 0.250. The molecule has 1 aromatic heterocycles. The third-order valence-corrected chi connectivity index (χ3v) is 5.16. The molecule has 1 N–H and O–H groups in total. The number of nitrogens with zero attached hydrogens (tertiary/aromatic N) is 4. The highest BCUT2D eigenvalue weighted by atomic mass is 16.5. The summed E-state index contributed by atoms with van der Waals surface area (Å²) in [7, 11) is 0. The molecule has 4 rings (SSSR count). The predicted octanol–water partition coefficient (Wildman–Crippen LogP) is 2.73. The highest BCUT2D eigenvalue weighted by molar-refractivity contribution is 6.38. The predicted molar refractivity (Wildman–Crippen MR) is 122 cm³/mol. The van der Waals surface area contributed by atoms with Gasteiger partial charge in [-0.2, -0.15) is 10.2 Å². The minimum Gasteiger partial charge on any atom is -0.461 e. The lowest BCUT2D eigenvalue weighted by Crippen LogP contribution is -2.43. The molecule has 164 valence electrons. The van der Waals surface area contributed by atoms with E-state index >= 15 is 0 Å². The first kappa shape index (κ1) is 21.3. The van der Waals surface area contributed by atoms with Gasteiger partial charge in [0.2, 0.25) is 5.91 Å². The highest BCUT2D eigenvalue weighted by Crippen LogP contribution is 2.25. The molecule has 1 amide bonds. The van der Waals surface area contributed by atoms with Crippen LogP contribution in [-0.2, 0) is 20.7 Å². The van der Waals surface area contributed by atoms with Crippen LogP contribution in [0, 0.1) is 0 Å². The van der Waals surface area contributed by atoms with Crippen LogP contribution in [0.15, 0.2) is 78.2 Å². The van der Waals surface area contributed by atoms with Crippen LogP contribution in [0.1, 0.15) is 18.9 Å². The number of nitrogens with one attached hydrogen (secondary N) is 1. The van der Waals surface area contributed by atoms with Crippen molar-refractivity contribution >= 4 is 23.3 Å². The van der Waals surface area contributed by atoms with Crippen LogP contribution in [0.4, 0.5) is 5.69 Å². The number of esters is 1. The van der Waals surface area contributed by atoms with E-state index in [-0.39, 0.29) is 24.6 Å². The molecule has 1 unspecified atom stereocenters. The van der Waals surface area contributed by atoms with Gasteiger partial charge in [-0.15, -0.1) is 0 Å². The van der Waals surface area contributed by atoms with Crippen LogP contribution in [-0.4, -0.2) is 46.6 Å². The molecule has 8 heteroatoms. The average Bonchev–Trinajstić information content (AvgIpc) is 3.51. The summed E-state index contributed by atoms with van der Waals surface area (Å²) >= 11 is 0. The molecule has 2 heterocycles. The van der Waals surface area contributed by atoms with E-state index in [2.05, 4.69) is 15.5 Å². The Morgan fingerprint density at radius 2 is 1.84 bits per heavy atom. The molecule has 0 radical (unpaired) electrons. The van der Waals surface area contributed by atoms with Crippen LogP contribution in [0.25, 0.3) is 5.69 Å². The SMILES string of the molecule is CCOC(=O)C1=NN(c2ccccc2)C(C(=O)NCCc2ccc(-n3cccn3)cc2)C1. The van der Waals surface area contributed by atoms with Crippen molar-refractivity contribution in [3.8, 4) is 5.69 Å². The lowest BCUT2D eigenvalue weighted by Gasteiger charge is -2.22. The van der Waals surface area contributed by atoms with E-state index in [1.807, 2.05) is 66.9 Å². The smallest absolute Gasteiger partial charge is 0.354 e. The van der Waals surface area contributed by atoms with Gasteiger partial charge in [0.05, 0.1) is 18.0 Å². The molecule has 8 nitrogen and oxygen atoms in total. The first-order chi connectivity index (χ1) is 15.7. The lowest BCUT2D eigenvalue weighted by atomic mass is 10.1. The third kappa shape index (κ3) is 4.85. The van der Waals surface area contributed by atoms with Gasteiger partial charge < -0.3 is 10.1 Å². The second-order valence-electron chi connectivity index (χ2n) is 7.33. The van der Waals surface area contributed by atoms with Crippen LogP contribution >= 0.6 is 0 Å². The van der Waals surface area contributed by atoms with Crippen molar-refractivity contribution in [2.45, 2.75) is 25.8 Å². The molecule has 1 aliphatic rings. The number of amides is 1. The summed E-state index contributed by atoms with van der Waals surface area (Å²) in [6.07, 6.45) is 4.52. The number of ether oxygens (including phenoxy) is 1. The molecule has 0 aliphatic carbocycles. The molecule has 0 bridgehead atoms. The van der Waals surface area contributed by atoms with E-state index < -0.39 is 12.0 Å². The van der Waals surface area contributed by atoms with Crippen LogP contribution in [0.5, 0.6) is 0 Å². The summed E-state index contributed by atoms with van der Waals surface area (Å²) in [5.41, 5.74) is 3.10. The van der Waals surface area contributed by atoms with Crippen molar-refractivity contribution in [3.63, 3.8) is 0 Å². The van der Waals surface area contributed by atoms with Gasteiger partial charge in [-0.05, 0) is 49.2 Å². The molecule has 2 aromatic carbocycles. The molecule has 1 aliphatic heterocycles. The number of carbonyl (C=O) groups is 2. The fourth-order valence-electron chi connectivity index (χ4n) is 3.56. The number of para-hydroxylation sites is 1. The van der Waals surface area contributed by atoms with Crippen molar-refractivity contribution in [3.05, 3.63) is 78.6 Å². The van der Waals surface area contributed by atoms with Crippen molar-refractivity contribution < 1.29 is 14.3 Å². The number of carbonyl (C=O) groups excluding carboxylic acids is 2. The van der Waals surface area contributed by atoms with Gasteiger partial charge in [0, 0.05) is 25.4 Å². The van der Waals surface area contributed by atoms with Crippen LogP contribution < -0.4 is 10.3 Å². The Morgan fingerprint density at radius 1 is 1.06 bits per heavy atom. The summed E-state index contributed by atoms with van der Waals surface area (Å²) in [5.74, 6) is -0.661. The summed E-state index contributed by atoms with van der Waals surface area (Å²) < 4.78 is 6.88. The maximum Gasteiger partial charge on any atom is 0.354 e. The van der Waals surface area contributed by atoms with Gasteiger partial charge in [0.25, 0.3) is 0 Å². The van der Waals surface area contributed by atoms with Crippen LogP contribution in [0.3, 0.4) is 0 Å². The van der Waals surface area contributed by atoms with Crippen molar-refractivity contribution in [2.24, 2.45) is 5.10 Å². The molecule has 0 saturated carbocycles. The molecule has 0 saturated heterocycles. The van der Waals surface area contributed by atoms with Gasteiger partial charge in [0.15, 0.2) is 0 Å². The number of benzene rings is 2. The highest BCUT2D eigenvalue weighted by Gasteiger charge is 2.36. The van der Waals surface area contributed by atoms with Gasteiger partial charge >= 0.3 is 5.97 Å². The largest absolute Gasteiger partial charge is 0.461 e. The molecular formula is C24H25N5O3. The Morgan fingerprint density at radius 3 is 2.53 bits per heavy atom. The van der Waals surface area contributed by atoms with Gasteiger partial charge in [-0.3, -0.25) is 9.80 Å². The Hall–Kier alpha value is -3.94. The maximum absolute atomic E-state index is 13.0. The molecule has 3 aromatic rings. The second-order valence-corrected chi connectivity index (χ2v) is 7.33. The summed E-state index contributed by atoms with van der Waals surface area (Å²) in [6.45, 7) is 2.49. The average molecular weight is 431 g/mol.